The molecule has 0 atom stereocenters. The summed E-state index contributed by atoms with van der Waals surface area (Å²) in [5.41, 5.74) is 1.49. The lowest BCUT2D eigenvalue weighted by Gasteiger charge is -2.44. The van der Waals surface area contributed by atoms with Crippen LogP contribution >= 0.6 is 15.9 Å². The molecule has 5 nitrogen and oxygen atoms in total. The van der Waals surface area contributed by atoms with Crippen LogP contribution in [-0.2, 0) is 15.3 Å². The summed E-state index contributed by atoms with van der Waals surface area (Å²) < 4.78 is 24.9. The zero-order valence-electron chi connectivity index (χ0n) is 15.8. The third-order valence-electron chi connectivity index (χ3n) is 5.89. The van der Waals surface area contributed by atoms with Crippen molar-refractivity contribution in [2.24, 2.45) is 4.99 Å². The molecule has 2 fully saturated rings. The van der Waals surface area contributed by atoms with Crippen molar-refractivity contribution in [1.82, 2.24) is 10.2 Å². The number of sulfone groups is 1. The molecule has 1 aliphatic heterocycles. The topological polar surface area (TPSA) is 61.8 Å². The molecule has 1 aliphatic carbocycles. The minimum Gasteiger partial charge on any atom is -0.355 e. The van der Waals surface area contributed by atoms with Crippen LogP contribution in [0.5, 0.6) is 0 Å². The summed E-state index contributed by atoms with van der Waals surface area (Å²) in [5.74, 6) is 0.978. The zero-order valence-corrected chi connectivity index (χ0v) is 18.2. The molecule has 26 heavy (non-hydrogen) atoms. The van der Waals surface area contributed by atoms with Crippen molar-refractivity contribution in [1.29, 1.82) is 0 Å². The summed E-state index contributed by atoms with van der Waals surface area (Å²) in [6.45, 7) is 5.39. The largest absolute Gasteiger partial charge is 0.355 e. The van der Waals surface area contributed by atoms with Gasteiger partial charge in [-0.25, -0.2) is 8.42 Å². The fourth-order valence-electron chi connectivity index (χ4n) is 3.89. The number of nitrogens with one attached hydrogen (secondary N) is 1. The first kappa shape index (κ1) is 19.7. The van der Waals surface area contributed by atoms with E-state index in [0.717, 1.165) is 29.8 Å². The molecule has 0 aromatic heterocycles. The Balaban J connectivity index is 1.71. The minimum atomic E-state index is -3.05. The molecule has 0 radical (unpaired) electrons. The van der Waals surface area contributed by atoms with Crippen LogP contribution in [0, 0.1) is 0 Å². The maximum Gasteiger partial charge on any atom is 0.193 e. The first-order chi connectivity index (χ1) is 12.2. The predicted molar refractivity (Wildman–Crippen MR) is 110 cm³/mol. The third kappa shape index (κ3) is 3.65. The summed E-state index contributed by atoms with van der Waals surface area (Å²) in [5, 5.41) is 3.53. The summed E-state index contributed by atoms with van der Waals surface area (Å²) >= 11 is 3.58. The Morgan fingerprint density at radius 1 is 1.35 bits per heavy atom. The van der Waals surface area contributed by atoms with Crippen LogP contribution in [0.25, 0.3) is 0 Å². The number of halogens is 1. The highest BCUT2D eigenvalue weighted by Gasteiger charge is 2.42. The Kier molecular flexibility index (Phi) is 5.41. The summed E-state index contributed by atoms with van der Waals surface area (Å²) in [6.07, 6.45) is 3.56. The van der Waals surface area contributed by atoms with Crippen LogP contribution in [0.15, 0.2) is 33.7 Å². The van der Waals surface area contributed by atoms with Gasteiger partial charge in [0.25, 0.3) is 0 Å². The Morgan fingerprint density at radius 2 is 2.08 bits per heavy atom. The highest BCUT2D eigenvalue weighted by atomic mass is 79.9. The first-order valence-electron chi connectivity index (χ1n) is 9.13. The molecule has 0 unspecified atom stereocenters. The predicted octanol–water partition coefficient (Wildman–Crippen LogP) is 2.96. The normalized spacial score (nSPS) is 24.0. The highest BCUT2D eigenvalue weighted by molar-refractivity contribution is 9.10. The molecule has 3 rings (SSSR count). The van der Waals surface area contributed by atoms with Crippen LogP contribution in [0.3, 0.4) is 0 Å². The van der Waals surface area contributed by atoms with Crippen molar-refractivity contribution in [2.45, 2.75) is 43.3 Å². The number of benzene rings is 1. The van der Waals surface area contributed by atoms with Crippen LogP contribution in [0.1, 0.15) is 38.7 Å². The number of nitrogens with zero attached hydrogens (tertiary/aromatic N) is 2. The smallest absolute Gasteiger partial charge is 0.193 e. The average molecular weight is 442 g/mol. The van der Waals surface area contributed by atoms with Crippen molar-refractivity contribution in [3.05, 3.63) is 34.3 Å². The van der Waals surface area contributed by atoms with E-state index in [0.29, 0.717) is 13.1 Å². The van der Waals surface area contributed by atoms with Crippen LogP contribution < -0.4 is 5.32 Å². The SMILES string of the molecule is CN=C(NCC1(c2cccc(Br)c2)CCC1)N1CCS(=O)(=O)C(C)(C)C1. The monoisotopic (exact) mass is 441 g/mol. The summed E-state index contributed by atoms with van der Waals surface area (Å²) in [7, 11) is -1.28. The second-order valence-electron chi connectivity index (χ2n) is 8.05. The lowest BCUT2D eigenvalue weighted by Crippen LogP contribution is -2.58. The van der Waals surface area contributed by atoms with E-state index in [2.05, 4.69) is 55.4 Å². The van der Waals surface area contributed by atoms with Gasteiger partial charge >= 0.3 is 0 Å². The molecule has 1 N–H and O–H groups in total. The number of hydrogen-bond donors (Lipinski definition) is 1. The molecule has 0 spiro atoms. The molecule has 1 saturated heterocycles. The number of rotatable bonds is 3. The number of aliphatic imine (C=N–C) groups is 1. The van der Waals surface area contributed by atoms with E-state index >= 15 is 0 Å². The van der Waals surface area contributed by atoms with E-state index in [1.807, 2.05) is 0 Å². The fraction of sp³-hybridized carbons (Fsp3) is 0.632. The van der Waals surface area contributed by atoms with E-state index in [1.165, 1.54) is 12.0 Å². The van der Waals surface area contributed by atoms with Gasteiger partial charge in [-0.2, -0.15) is 0 Å². The molecule has 1 aromatic rings. The van der Waals surface area contributed by atoms with Gasteiger partial charge in [-0.15, -0.1) is 0 Å². The fourth-order valence-corrected chi connectivity index (χ4v) is 5.66. The van der Waals surface area contributed by atoms with Gasteiger partial charge in [0.1, 0.15) is 0 Å². The summed E-state index contributed by atoms with van der Waals surface area (Å²) in [6, 6.07) is 8.55. The molecule has 0 bridgehead atoms. The molecule has 7 heteroatoms. The average Bonchev–Trinajstić information content (AvgIpc) is 2.53. The highest BCUT2D eigenvalue weighted by Crippen LogP contribution is 2.43. The van der Waals surface area contributed by atoms with Crippen molar-refractivity contribution < 1.29 is 8.42 Å². The number of hydrogen-bond acceptors (Lipinski definition) is 3. The van der Waals surface area contributed by atoms with E-state index in [1.54, 1.807) is 20.9 Å². The summed E-state index contributed by atoms with van der Waals surface area (Å²) in [4.78, 5) is 6.50. The Morgan fingerprint density at radius 3 is 2.62 bits per heavy atom. The van der Waals surface area contributed by atoms with Gasteiger partial charge in [0, 0.05) is 36.6 Å². The standard InChI is InChI=1S/C19H28BrN3O2S/c1-18(2)14-23(10-11-26(18,24)25)17(21-3)22-13-19(8-5-9-19)15-6-4-7-16(20)12-15/h4,6-7,12H,5,8-11,13-14H2,1-3H3,(H,21,22). The quantitative estimate of drug-likeness (QED) is 0.578. The molecule has 1 aromatic carbocycles. The van der Waals surface area contributed by atoms with Gasteiger partial charge in [0.15, 0.2) is 15.8 Å². The Labute approximate surface area is 165 Å². The maximum absolute atomic E-state index is 12.3. The van der Waals surface area contributed by atoms with Gasteiger partial charge in [0.05, 0.1) is 10.5 Å². The van der Waals surface area contributed by atoms with Gasteiger partial charge in [0.2, 0.25) is 0 Å². The molecular weight excluding hydrogens is 414 g/mol. The van der Waals surface area contributed by atoms with Gasteiger partial charge in [-0.1, -0.05) is 34.5 Å². The van der Waals surface area contributed by atoms with Crippen molar-refractivity contribution in [2.75, 3.05) is 32.4 Å². The lowest BCUT2D eigenvalue weighted by atomic mass is 9.64. The second-order valence-corrected chi connectivity index (χ2v) is 11.7. The van der Waals surface area contributed by atoms with Crippen LogP contribution in [0.2, 0.25) is 0 Å². The van der Waals surface area contributed by atoms with E-state index in [9.17, 15) is 8.42 Å². The van der Waals surface area contributed by atoms with Gasteiger partial charge in [-0.3, -0.25) is 4.99 Å². The first-order valence-corrected chi connectivity index (χ1v) is 11.6. The molecule has 144 valence electrons. The van der Waals surface area contributed by atoms with Gasteiger partial charge < -0.3 is 10.2 Å². The molecule has 1 saturated carbocycles. The van der Waals surface area contributed by atoms with E-state index < -0.39 is 14.6 Å². The maximum atomic E-state index is 12.3. The molecule has 1 heterocycles. The van der Waals surface area contributed by atoms with Crippen molar-refractivity contribution in [3.8, 4) is 0 Å². The molecule has 2 aliphatic rings. The second kappa shape index (κ2) is 7.15. The van der Waals surface area contributed by atoms with Crippen LogP contribution in [0.4, 0.5) is 0 Å². The van der Waals surface area contributed by atoms with E-state index in [-0.39, 0.29) is 11.2 Å². The number of guanidine groups is 1. The zero-order chi connectivity index (χ0) is 19.0. The Bertz CT molecular complexity index is 801. The van der Waals surface area contributed by atoms with Gasteiger partial charge in [-0.05, 0) is 44.4 Å². The Hall–Kier alpha value is -1.08. The van der Waals surface area contributed by atoms with Crippen molar-refractivity contribution >= 4 is 31.7 Å². The molecule has 0 amide bonds. The van der Waals surface area contributed by atoms with Crippen molar-refractivity contribution in [3.63, 3.8) is 0 Å². The van der Waals surface area contributed by atoms with Crippen LogP contribution in [-0.4, -0.2) is 56.5 Å². The van der Waals surface area contributed by atoms with E-state index in [4.69, 9.17) is 0 Å². The minimum absolute atomic E-state index is 0.136. The lowest BCUT2D eigenvalue weighted by molar-refractivity contribution is 0.239. The third-order valence-corrected chi connectivity index (χ3v) is 8.91. The molecular formula is C19H28BrN3O2S.